The zero-order chi connectivity index (χ0) is 30.3. The molecule has 3 aromatic rings. The number of alkyl carbamates (subject to hydrolysis) is 1. The molecule has 0 aliphatic heterocycles. The monoisotopic (exact) mass is 583 g/mol. The number of carbonyl (C=O) groups excluding carboxylic acids is 3. The maximum Gasteiger partial charge on any atom is 0.407 e. The van der Waals surface area contributed by atoms with Crippen LogP contribution in [0, 0.1) is 5.41 Å². The van der Waals surface area contributed by atoms with E-state index in [0.717, 1.165) is 5.56 Å². The van der Waals surface area contributed by atoms with Gasteiger partial charge < -0.3 is 20.5 Å². The summed E-state index contributed by atoms with van der Waals surface area (Å²) in [4.78, 5) is 37.2. The summed E-state index contributed by atoms with van der Waals surface area (Å²) in [6.07, 6.45) is 2.33. The smallest absolute Gasteiger partial charge is 0.407 e. The molecule has 0 unspecified atom stereocenters. The number of ether oxygens (including phenoxy) is 2. The maximum atomic E-state index is 13.0. The Balaban J connectivity index is 0.00000108. The number of hydrogen-bond acceptors (Lipinski definition) is 8. The molecule has 1 amide bonds. The molecule has 0 aliphatic rings. The summed E-state index contributed by atoms with van der Waals surface area (Å²) in [6, 6.07) is 22.5. The van der Waals surface area contributed by atoms with Gasteiger partial charge in [0.1, 0.15) is 18.2 Å². The topological polar surface area (TPSA) is 186 Å². The van der Waals surface area contributed by atoms with E-state index in [2.05, 4.69) is 5.32 Å². The number of benzene rings is 3. The molecule has 0 heterocycles. The van der Waals surface area contributed by atoms with Crippen molar-refractivity contribution >= 4 is 33.8 Å². The molecule has 11 nitrogen and oxygen atoms in total. The lowest BCUT2D eigenvalue weighted by Crippen LogP contribution is -2.25. The van der Waals surface area contributed by atoms with E-state index in [1.54, 1.807) is 30.3 Å². The van der Waals surface area contributed by atoms with Crippen molar-refractivity contribution in [2.45, 2.75) is 32.3 Å². The summed E-state index contributed by atoms with van der Waals surface area (Å²) in [5.41, 5.74) is 7.45. The maximum absolute atomic E-state index is 13.0. The van der Waals surface area contributed by atoms with Crippen LogP contribution in [0.15, 0.2) is 78.9 Å². The van der Waals surface area contributed by atoms with Gasteiger partial charge in [0.2, 0.25) is 0 Å². The SMILES string of the molecule is CS(=O)(=O)O.N=C(N)c1ccc(OC(=O)CCCCCNC(=O)OCc2ccccc2)c(C(=O)c2ccccc2)c1. The highest BCUT2D eigenvalue weighted by Crippen LogP contribution is 2.24. The lowest BCUT2D eigenvalue weighted by molar-refractivity contribution is -0.134. The summed E-state index contributed by atoms with van der Waals surface area (Å²) in [5, 5.41) is 10.3. The molecule has 3 aromatic carbocycles. The van der Waals surface area contributed by atoms with Crippen LogP contribution in [0.2, 0.25) is 0 Å². The van der Waals surface area contributed by atoms with Crippen LogP contribution in [-0.2, 0) is 26.3 Å². The Bertz CT molecular complexity index is 1420. The van der Waals surface area contributed by atoms with Crippen molar-refractivity contribution in [3.05, 3.63) is 101 Å². The van der Waals surface area contributed by atoms with Crippen LogP contribution < -0.4 is 15.8 Å². The molecule has 0 aromatic heterocycles. The van der Waals surface area contributed by atoms with Crippen LogP contribution in [0.25, 0.3) is 0 Å². The number of esters is 1. The minimum Gasteiger partial charge on any atom is -0.445 e. The Labute approximate surface area is 238 Å². The number of nitrogens with one attached hydrogen (secondary N) is 2. The molecule has 0 saturated heterocycles. The summed E-state index contributed by atoms with van der Waals surface area (Å²) < 4.78 is 36.5. The van der Waals surface area contributed by atoms with Crippen LogP contribution in [0.3, 0.4) is 0 Å². The van der Waals surface area contributed by atoms with E-state index < -0.39 is 22.2 Å². The van der Waals surface area contributed by atoms with E-state index in [1.165, 1.54) is 18.2 Å². The van der Waals surface area contributed by atoms with Gasteiger partial charge in [0.15, 0.2) is 5.78 Å². The minimum absolute atomic E-state index is 0.127. The first kappa shape index (κ1) is 32.7. The van der Waals surface area contributed by atoms with Crippen molar-refractivity contribution in [3.8, 4) is 5.75 Å². The van der Waals surface area contributed by atoms with Crippen molar-refractivity contribution in [1.29, 1.82) is 5.41 Å². The van der Waals surface area contributed by atoms with Crippen molar-refractivity contribution < 1.29 is 36.8 Å². The molecule has 0 fully saturated rings. The third-order valence-corrected chi connectivity index (χ3v) is 5.33. The molecular formula is C29H33N3O8S. The van der Waals surface area contributed by atoms with Crippen LogP contribution in [-0.4, -0.2) is 49.5 Å². The number of rotatable bonds is 12. The number of nitrogens with two attached hydrogens (primary N) is 1. The quantitative estimate of drug-likeness (QED) is 0.0463. The van der Waals surface area contributed by atoms with Gasteiger partial charge in [-0.05, 0) is 36.6 Å². The molecule has 3 rings (SSSR count). The number of amides is 1. The first-order valence-electron chi connectivity index (χ1n) is 12.6. The van der Waals surface area contributed by atoms with Crippen molar-refractivity contribution in [2.24, 2.45) is 5.73 Å². The molecule has 5 N–H and O–H groups in total. The van der Waals surface area contributed by atoms with Gasteiger partial charge in [-0.3, -0.25) is 19.6 Å². The van der Waals surface area contributed by atoms with E-state index in [9.17, 15) is 22.8 Å². The van der Waals surface area contributed by atoms with E-state index in [1.807, 2.05) is 30.3 Å². The molecule has 0 bridgehead atoms. The molecule has 0 aliphatic carbocycles. The molecular weight excluding hydrogens is 550 g/mol. The van der Waals surface area contributed by atoms with E-state index in [-0.39, 0.29) is 36.0 Å². The van der Waals surface area contributed by atoms with Crippen LogP contribution in [0.5, 0.6) is 5.75 Å². The van der Waals surface area contributed by atoms with E-state index in [4.69, 9.17) is 25.2 Å². The minimum atomic E-state index is -3.67. The summed E-state index contributed by atoms with van der Waals surface area (Å²) >= 11 is 0. The average molecular weight is 584 g/mol. The third-order valence-electron chi connectivity index (χ3n) is 5.33. The van der Waals surface area contributed by atoms with Gasteiger partial charge in [-0.15, -0.1) is 0 Å². The van der Waals surface area contributed by atoms with E-state index in [0.29, 0.717) is 43.2 Å². The Morgan fingerprint density at radius 1 is 0.902 bits per heavy atom. The second-order valence-corrected chi connectivity index (χ2v) is 10.3. The predicted octanol–water partition coefficient (Wildman–Crippen LogP) is 4.10. The van der Waals surface area contributed by atoms with Crippen LogP contribution >= 0.6 is 0 Å². The molecule has 41 heavy (non-hydrogen) atoms. The number of ketones is 1. The number of unbranched alkanes of at least 4 members (excludes halogenated alkanes) is 2. The standard InChI is InChI=1S/C28H29N3O5.CH4O3S/c29-27(30)22-15-16-24(23(18-22)26(33)21-12-6-2-7-13-21)36-25(32)14-8-3-9-17-31-28(34)35-19-20-10-4-1-5-11-20;1-5(2,3)4/h1-2,4-7,10-13,15-16,18H,3,8-9,14,17,19H2,(H3,29,30)(H,31,34);1H3,(H,2,3,4). The van der Waals surface area contributed by atoms with Crippen LogP contribution in [0.4, 0.5) is 4.79 Å². The van der Waals surface area contributed by atoms with Gasteiger partial charge >= 0.3 is 12.1 Å². The Morgan fingerprint density at radius 2 is 1.51 bits per heavy atom. The predicted molar refractivity (Wildman–Crippen MR) is 154 cm³/mol. The molecule has 0 saturated carbocycles. The van der Waals surface area contributed by atoms with Gasteiger partial charge in [0.05, 0.1) is 11.8 Å². The summed E-state index contributed by atoms with van der Waals surface area (Å²) in [7, 11) is -3.67. The number of carbonyl (C=O) groups is 3. The first-order valence-corrected chi connectivity index (χ1v) is 14.4. The second-order valence-electron chi connectivity index (χ2n) is 8.83. The van der Waals surface area contributed by atoms with Crippen molar-refractivity contribution in [2.75, 3.05) is 12.8 Å². The molecule has 0 spiro atoms. The third kappa shape index (κ3) is 13.4. The average Bonchev–Trinajstić information content (AvgIpc) is 2.93. The molecule has 12 heteroatoms. The lowest BCUT2D eigenvalue weighted by atomic mass is 10.00. The largest absolute Gasteiger partial charge is 0.445 e. The Morgan fingerprint density at radius 3 is 2.12 bits per heavy atom. The van der Waals surface area contributed by atoms with Gasteiger partial charge in [0, 0.05) is 24.1 Å². The van der Waals surface area contributed by atoms with Gasteiger partial charge in [-0.1, -0.05) is 67.1 Å². The fourth-order valence-electron chi connectivity index (χ4n) is 3.42. The first-order chi connectivity index (χ1) is 19.4. The van der Waals surface area contributed by atoms with Crippen LogP contribution in [0.1, 0.15) is 52.7 Å². The highest BCUT2D eigenvalue weighted by molar-refractivity contribution is 7.85. The van der Waals surface area contributed by atoms with Crippen molar-refractivity contribution in [1.82, 2.24) is 5.32 Å². The molecule has 0 radical (unpaired) electrons. The normalized spacial score (nSPS) is 10.5. The van der Waals surface area contributed by atoms with Gasteiger partial charge in [0.25, 0.3) is 10.1 Å². The summed E-state index contributed by atoms with van der Waals surface area (Å²) in [5.74, 6) is -0.858. The fourth-order valence-corrected chi connectivity index (χ4v) is 3.42. The zero-order valence-electron chi connectivity index (χ0n) is 22.5. The summed E-state index contributed by atoms with van der Waals surface area (Å²) in [6.45, 7) is 0.644. The van der Waals surface area contributed by atoms with Crippen molar-refractivity contribution in [3.63, 3.8) is 0 Å². The second kappa shape index (κ2) is 16.5. The molecule has 218 valence electrons. The van der Waals surface area contributed by atoms with Gasteiger partial charge in [-0.25, -0.2) is 4.79 Å². The molecule has 0 atom stereocenters. The fraction of sp³-hybridized carbons (Fsp3) is 0.241. The lowest BCUT2D eigenvalue weighted by Gasteiger charge is -2.11. The van der Waals surface area contributed by atoms with E-state index >= 15 is 0 Å². The Kier molecular flexibility index (Phi) is 13.2. The number of hydrogen-bond donors (Lipinski definition) is 4. The highest BCUT2D eigenvalue weighted by atomic mass is 32.2. The Hall–Kier alpha value is -4.55. The number of amidine groups is 1. The van der Waals surface area contributed by atoms with Gasteiger partial charge in [-0.2, -0.15) is 8.42 Å². The number of nitrogen functional groups attached to an aromatic ring is 1. The zero-order valence-corrected chi connectivity index (χ0v) is 23.4. The highest BCUT2D eigenvalue weighted by Gasteiger charge is 2.18.